The minimum Gasteiger partial charge on any atom is -0.380 e. The number of alkyl halides is 3. The van der Waals surface area contributed by atoms with Gasteiger partial charge >= 0.3 is 6.18 Å². The Labute approximate surface area is 67.6 Å². The molecule has 6 heteroatoms. The third-order valence-corrected chi connectivity index (χ3v) is 1.39. The number of aliphatic hydroxyl groups is 1. The van der Waals surface area contributed by atoms with E-state index in [1.807, 2.05) is 5.32 Å². The average Bonchev–Trinajstić information content (AvgIpc) is 1.84. The lowest BCUT2D eigenvalue weighted by Gasteiger charge is -2.24. The molecule has 0 aromatic carbocycles. The number of rotatable bonds is 2. The van der Waals surface area contributed by atoms with Crippen LogP contribution in [0.15, 0.2) is 0 Å². The van der Waals surface area contributed by atoms with Gasteiger partial charge in [-0.15, -0.1) is 0 Å². The molecule has 2 N–H and O–H groups in total. The van der Waals surface area contributed by atoms with Crippen molar-refractivity contribution in [2.75, 3.05) is 7.05 Å². The molecule has 0 aliphatic rings. The van der Waals surface area contributed by atoms with E-state index in [2.05, 4.69) is 0 Å². The van der Waals surface area contributed by atoms with Crippen molar-refractivity contribution in [3.8, 4) is 0 Å². The lowest BCUT2D eigenvalue weighted by Crippen LogP contribution is -2.45. The molecule has 0 saturated heterocycles. The summed E-state index contributed by atoms with van der Waals surface area (Å²) in [4.78, 5) is 10.5. The van der Waals surface area contributed by atoms with Crippen LogP contribution in [-0.2, 0) is 4.79 Å². The number of carbonyl (C=O) groups excluding carboxylic acids is 1. The van der Waals surface area contributed by atoms with Crippen molar-refractivity contribution in [1.29, 1.82) is 0 Å². The number of halogens is 3. The highest BCUT2D eigenvalue weighted by atomic mass is 19.4. The molecular weight excluding hydrogens is 175 g/mol. The topological polar surface area (TPSA) is 49.3 Å². The van der Waals surface area contributed by atoms with E-state index < -0.39 is 24.1 Å². The maximum absolute atomic E-state index is 11.9. The van der Waals surface area contributed by atoms with Crippen molar-refractivity contribution in [2.45, 2.75) is 25.1 Å². The van der Waals surface area contributed by atoms with Crippen LogP contribution in [0.5, 0.6) is 0 Å². The van der Waals surface area contributed by atoms with E-state index in [9.17, 15) is 18.0 Å². The Balaban J connectivity index is 4.33. The molecule has 1 unspecified atom stereocenters. The fraction of sp³-hybridized carbons (Fsp3) is 0.833. The molecule has 0 aromatic heterocycles. The van der Waals surface area contributed by atoms with E-state index in [1.54, 1.807) is 0 Å². The van der Waals surface area contributed by atoms with E-state index in [0.29, 0.717) is 6.92 Å². The molecule has 0 heterocycles. The number of hydrogen-bond acceptors (Lipinski definition) is 2. The Morgan fingerprint density at radius 1 is 1.50 bits per heavy atom. The SMILES string of the molecule is CNC(=O)CC(C)(O)C(F)(F)F. The van der Waals surface area contributed by atoms with Crippen LogP contribution in [0.1, 0.15) is 13.3 Å². The van der Waals surface area contributed by atoms with Crippen LogP contribution < -0.4 is 5.32 Å². The Morgan fingerprint density at radius 2 is 1.92 bits per heavy atom. The van der Waals surface area contributed by atoms with Crippen molar-refractivity contribution in [3.63, 3.8) is 0 Å². The first-order valence-corrected chi connectivity index (χ1v) is 3.20. The zero-order valence-electron chi connectivity index (χ0n) is 6.70. The quantitative estimate of drug-likeness (QED) is 0.655. The van der Waals surface area contributed by atoms with Crippen LogP contribution in [0.25, 0.3) is 0 Å². The first-order chi connectivity index (χ1) is 5.20. The second-order valence-corrected chi connectivity index (χ2v) is 2.62. The van der Waals surface area contributed by atoms with E-state index in [-0.39, 0.29) is 0 Å². The average molecular weight is 185 g/mol. The van der Waals surface area contributed by atoms with E-state index in [0.717, 1.165) is 0 Å². The molecule has 0 rings (SSSR count). The molecule has 3 nitrogen and oxygen atoms in total. The van der Waals surface area contributed by atoms with Gasteiger partial charge in [-0.1, -0.05) is 0 Å². The van der Waals surface area contributed by atoms with Gasteiger partial charge in [-0.25, -0.2) is 0 Å². The number of hydrogen-bond donors (Lipinski definition) is 2. The minimum absolute atomic E-state index is 0.558. The fourth-order valence-electron chi connectivity index (χ4n) is 0.501. The first kappa shape index (κ1) is 11.2. The lowest BCUT2D eigenvalue weighted by molar-refractivity contribution is -0.253. The second kappa shape index (κ2) is 3.30. The third kappa shape index (κ3) is 2.69. The van der Waals surface area contributed by atoms with E-state index >= 15 is 0 Å². The second-order valence-electron chi connectivity index (χ2n) is 2.62. The Kier molecular flexibility index (Phi) is 3.09. The van der Waals surface area contributed by atoms with Crippen molar-refractivity contribution >= 4 is 5.91 Å². The molecule has 0 aliphatic heterocycles. The number of amides is 1. The van der Waals surface area contributed by atoms with Crippen molar-refractivity contribution in [3.05, 3.63) is 0 Å². The van der Waals surface area contributed by atoms with Gasteiger partial charge < -0.3 is 10.4 Å². The summed E-state index contributed by atoms with van der Waals surface area (Å²) < 4.78 is 35.7. The zero-order chi connectivity index (χ0) is 9.99. The molecule has 72 valence electrons. The van der Waals surface area contributed by atoms with Gasteiger partial charge in [0.05, 0.1) is 6.42 Å². The molecule has 12 heavy (non-hydrogen) atoms. The third-order valence-electron chi connectivity index (χ3n) is 1.39. The van der Waals surface area contributed by atoms with Gasteiger partial charge in [0.1, 0.15) is 0 Å². The van der Waals surface area contributed by atoms with Crippen molar-refractivity contribution in [2.24, 2.45) is 0 Å². The van der Waals surface area contributed by atoms with Crippen LogP contribution in [-0.4, -0.2) is 29.8 Å². The summed E-state index contributed by atoms with van der Waals surface area (Å²) in [5.41, 5.74) is -2.95. The first-order valence-electron chi connectivity index (χ1n) is 3.20. The summed E-state index contributed by atoms with van der Waals surface area (Å²) in [6.07, 6.45) is -5.76. The zero-order valence-corrected chi connectivity index (χ0v) is 6.70. The molecule has 0 aromatic rings. The monoisotopic (exact) mass is 185 g/mol. The normalized spacial score (nSPS) is 16.8. The van der Waals surface area contributed by atoms with Gasteiger partial charge in [0.25, 0.3) is 0 Å². The molecule has 0 spiro atoms. The summed E-state index contributed by atoms with van der Waals surface area (Å²) in [5, 5.41) is 10.8. The van der Waals surface area contributed by atoms with Crippen molar-refractivity contribution < 1.29 is 23.1 Å². The Morgan fingerprint density at radius 3 is 2.17 bits per heavy atom. The van der Waals surface area contributed by atoms with Crippen LogP contribution in [0.2, 0.25) is 0 Å². The van der Waals surface area contributed by atoms with Gasteiger partial charge in [0.15, 0.2) is 5.60 Å². The Hall–Kier alpha value is -0.780. The molecule has 0 bridgehead atoms. The van der Waals surface area contributed by atoms with Gasteiger partial charge in [0.2, 0.25) is 5.91 Å². The van der Waals surface area contributed by atoms with Crippen LogP contribution in [0.3, 0.4) is 0 Å². The summed E-state index contributed by atoms with van der Waals surface area (Å²) in [7, 11) is 1.20. The minimum atomic E-state index is -4.78. The van der Waals surface area contributed by atoms with Gasteiger partial charge in [-0.2, -0.15) is 13.2 Å². The molecule has 1 amide bonds. The number of carbonyl (C=O) groups is 1. The maximum atomic E-state index is 11.9. The highest BCUT2D eigenvalue weighted by Crippen LogP contribution is 2.32. The summed E-state index contributed by atoms with van der Waals surface area (Å²) in [5.74, 6) is -0.850. The molecule has 0 aliphatic carbocycles. The molecule has 1 atom stereocenters. The van der Waals surface area contributed by atoms with Crippen LogP contribution >= 0.6 is 0 Å². The lowest BCUT2D eigenvalue weighted by atomic mass is 10.0. The highest BCUT2D eigenvalue weighted by molar-refractivity contribution is 5.76. The largest absolute Gasteiger partial charge is 0.417 e. The summed E-state index contributed by atoms with van der Waals surface area (Å²) in [6.45, 7) is 0.558. The van der Waals surface area contributed by atoms with Gasteiger partial charge in [0, 0.05) is 7.05 Å². The standard InChI is InChI=1S/C6H10F3NO2/c1-5(12,6(7,8)9)3-4(11)10-2/h12H,3H2,1-2H3,(H,10,11). The number of nitrogens with one attached hydrogen (secondary N) is 1. The molecule has 0 fully saturated rings. The van der Waals surface area contributed by atoms with Gasteiger partial charge in [-0.3, -0.25) is 4.79 Å². The van der Waals surface area contributed by atoms with E-state index in [4.69, 9.17) is 5.11 Å². The Bertz CT molecular complexity index is 176. The predicted molar refractivity (Wildman–Crippen MR) is 35.4 cm³/mol. The highest BCUT2D eigenvalue weighted by Gasteiger charge is 2.50. The molecule has 0 radical (unpaired) electrons. The smallest absolute Gasteiger partial charge is 0.380 e. The van der Waals surface area contributed by atoms with Gasteiger partial charge in [-0.05, 0) is 6.92 Å². The maximum Gasteiger partial charge on any atom is 0.417 e. The predicted octanol–water partition coefficient (Wildman–Crippen LogP) is 0.436. The molecular formula is C6H10F3NO2. The molecule has 0 saturated carbocycles. The summed E-state index contributed by atoms with van der Waals surface area (Å²) in [6, 6.07) is 0. The summed E-state index contributed by atoms with van der Waals surface area (Å²) >= 11 is 0. The fourth-order valence-corrected chi connectivity index (χ4v) is 0.501. The van der Waals surface area contributed by atoms with Crippen LogP contribution in [0.4, 0.5) is 13.2 Å². The van der Waals surface area contributed by atoms with Crippen LogP contribution in [0, 0.1) is 0 Å². The van der Waals surface area contributed by atoms with E-state index in [1.165, 1.54) is 7.05 Å². The van der Waals surface area contributed by atoms with Crippen molar-refractivity contribution in [1.82, 2.24) is 5.32 Å².